The summed E-state index contributed by atoms with van der Waals surface area (Å²) in [6.45, 7) is 3.20. The fraction of sp³-hybridized carbons (Fsp3) is 0.500. The molecule has 0 bridgehead atoms. The highest BCUT2D eigenvalue weighted by molar-refractivity contribution is 5.85. The van der Waals surface area contributed by atoms with E-state index in [9.17, 15) is 4.79 Å². The van der Waals surface area contributed by atoms with E-state index in [2.05, 4.69) is 10.2 Å². The standard InChI is InChI=1S/C14H19N5O.ClH/c1-10(15)14(20)18-7-4-5-11(9-18)13-17-16-12-6-2-3-8-19(12)13;/h2-3,6,8,10-11H,4-5,7,9,15H2,1H3;1H. The third kappa shape index (κ3) is 3.01. The first-order chi connectivity index (χ1) is 9.66. The maximum Gasteiger partial charge on any atom is 0.239 e. The number of nitrogens with two attached hydrogens (primary N) is 1. The van der Waals surface area contributed by atoms with Crippen molar-refractivity contribution in [3.05, 3.63) is 30.2 Å². The van der Waals surface area contributed by atoms with Crippen LogP contribution in [0.3, 0.4) is 0 Å². The molecule has 1 amide bonds. The van der Waals surface area contributed by atoms with E-state index in [1.807, 2.05) is 33.7 Å². The minimum atomic E-state index is -0.441. The number of rotatable bonds is 2. The number of fused-ring (bicyclic) bond motifs is 1. The van der Waals surface area contributed by atoms with Gasteiger partial charge in [-0.25, -0.2) is 0 Å². The topological polar surface area (TPSA) is 76.5 Å². The van der Waals surface area contributed by atoms with Gasteiger partial charge >= 0.3 is 0 Å². The predicted octanol–water partition coefficient (Wildman–Crippen LogP) is 1.20. The second kappa shape index (κ2) is 6.41. The Labute approximate surface area is 129 Å². The number of hydrogen-bond acceptors (Lipinski definition) is 4. The number of carbonyl (C=O) groups is 1. The summed E-state index contributed by atoms with van der Waals surface area (Å²) in [5.41, 5.74) is 6.54. The van der Waals surface area contributed by atoms with Gasteiger partial charge in [0.25, 0.3) is 0 Å². The van der Waals surface area contributed by atoms with Gasteiger partial charge in [-0.1, -0.05) is 6.07 Å². The van der Waals surface area contributed by atoms with Crippen LogP contribution in [0.1, 0.15) is 31.5 Å². The van der Waals surface area contributed by atoms with Crippen molar-refractivity contribution in [2.45, 2.75) is 31.7 Å². The SMILES string of the molecule is CC(N)C(=O)N1CCCC(c2nnc3ccccn23)C1.Cl. The van der Waals surface area contributed by atoms with Gasteiger partial charge in [0.05, 0.1) is 6.04 Å². The first kappa shape index (κ1) is 15.7. The Kier molecular flexibility index (Phi) is 4.80. The van der Waals surface area contributed by atoms with Crippen molar-refractivity contribution in [3.8, 4) is 0 Å². The number of carbonyl (C=O) groups excluding carboxylic acids is 1. The highest BCUT2D eigenvalue weighted by Crippen LogP contribution is 2.26. The lowest BCUT2D eigenvalue weighted by Crippen LogP contribution is -2.46. The summed E-state index contributed by atoms with van der Waals surface area (Å²) in [7, 11) is 0. The van der Waals surface area contributed by atoms with Gasteiger partial charge in [0.15, 0.2) is 5.65 Å². The zero-order chi connectivity index (χ0) is 14.1. The van der Waals surface area contributed by atoms with Crippen LogP contribution in [0.15, 0.2) is 24.4 Å². The zero-order valence-corrected chi connectivity index (χ0v) is 12.8. The normalized spacial score (nSPS) is 20.1. The lowest BCUT2D eigenvalue weighted by atomic mass is 9.96. The molecule has 1 fully saturated rings. The molecule has 6 nitrogen and oxygen atoms in total. The molecule has 2 aromatic heterocycles. The maximum atomic E-state index is 12.0. The van der Waals surface area contributed by atoms with Gasteiger partial charge in [0.1, 0.15) is 5.82 Å². The predicted molar refractivity (Wildman–Crippen MR) is 82.4 cm³/mol. The molecule has 21 heavy (non-hydrogen) atoms. The molecule has 1 aliphatic rings. The Morgan fingerprint density at radius 2 is 2.24 bits per heavy atom. The van der Waals surface area contributed by atoms with Gasteiger partial charge in [0, 0.05) is 25.2 Å². The second-order valence-corrected chi connectivity index (χ2v) is 5.40. The molecular formula is C14H20ClN5O. The molecule has 1 aliphatic heterocycles. The molecule has 1 saturated heterocycles. The number of aromatic nitrogens is 3. The van der Waals surface area contributed by atoms with Crippen LogP contribution in [0.5, 0.6) is 0 Å². The summed E-state index contributed by atoms with van der Waals surface area (Å²) < 4.78 is 2.00. The van der Waals surface area contributed by atoms with Crippen LogP contribution in [0, 0.1) is 0 Å². The van der Waals surface area contributed by atoms with E-state index in [1.54, 1.807) is 6.92 Å². The van der Waals surface area contributed by atoms with Gasteiger partial charge in [-0.05, 0) is 31.9 Å². The number of amides is 1. The Bertz CT molecular complexity index is 627. The molecule has 3 heterocycles. The first-order valence-electron chi connectivity index (χ1n) is 7.01. The third-order valence-corrected chi connectivity index (χ3v) is 3.83. The van der Waals surface area contributed by atoms with Crippen LogP contribution in [0.4, 0.5) is 0 Å². The average molecular weight is 310 g/mol. The number of hydrogen-bond donors (Lipinski definition) is 1. The lowest BCUT2D eigenvalue weighted by molar-refractivity contribution is -0.133. The largest absolute Gasteiger partial charge is 0.341 e. The van der Waals surface area contributed by atoms with Crippen LogP contribution in [0.25, 0.3) is 5.65 Å². The molecular weight excluding hydrogens is 290 g/mol. The quantitative estimate of drug-likeness (QED) is 0.904. The molecule has 2 aromatic rings. The molecule has 0 radical (unpaired) electrons. The molecule has 0 saturated carbocycles. The summed E-state index contributed by atoms with van der Waals surface area (Å²) in [6.07, 6.45) is 3.97. The summed E-state index contributed by atoms with van der Waals surface area (Å²) in [4.78, 5) is 13.9. The number of piperidine rings is 1. The zero-order valence-electron chi connectivity index (χ0n) is 12.0. The van der Waals surface area contributed by atoms with E-state index < -0.39 is 6.04 Å². The maximum absolute atomic E-state index is 12.0. The number of pyridine rings is 1. The van der Waals surface area contributed by atoms with Crippen LogP contribution < -0.4 is 5.73 Å². The van der Waals surface area contributed by atoms with Crippen LogP contribution in [0.2, 0.25) is 0 Å². The van der Waals surface area contributed by atoms with E-state index in [1.165, 1.54) is 0 Å². The molecule has 2 unspecified atom stereocenters. The molecule has 2 atom stereocenters. The summed E-state index contributed by atoms with van der Waals surface area (Å²) in [5, 5.41) is 8.49. The van der Waals surface area contributed by atoms with E-state index in [4.69, 9.17) is 5.73 Å². The van der Waals surface area contributed by atoms with Crippen molar-refractivity contribution in [1.82, 2.24) is 19.5 Å². The Morgan fingerprint density at radius 1 is 1.43 bits per heavy atom. The van der Waals surface area contributed by atoms with E-state index in [0.717, 1.165) is 30.9 Å². The van der Waals surface area contributed by atoms with E-state index >= 15 is 0 Å². The van der Waals surface area contributed by atoms with E-state index in [-0.39, 0.29) is 24.2 Å². The first-order valence-corrected chi connectivity index (χ1v) is 7.01. The number of nitrogens with zero attached hydrogens (tertiary/aromatic N) is 4. The summed E-state index contributed by atoms with van der Waals surface area (Å²) >= 11 is 0. The highest BCUT2D eigenvalue weighted by atomic mass is 35.5. The van der Waals surface area contributed by atoms with Crippen molar-refractivity contribution >= 4 is 24.0 Å². The van der Waals surface area contributed by atoms with Crippen LogP contribution >= 0.6 is 12.4 Å². The molecule has 3 rings (SSSR count). The minimum absolute atomic E-state index is 0. The fourth-order valence-corrected chi connectivity index (χ4v) is 2.81. The summed E-state index contributed by atoms with van der Waals surface area (Å²) in [6, 6.07) is 5.40. The van der Waals surface area contributed by atoms with Crippen molar-refractivity contribution in [1.29, 1.82) is 0 Å². The van der Waals surface area contributed by atoms with Gasteiger partial charge in [0.2, 0.25) is 5.91 Å². The third-order valence-electron chi connectivity index (χ3n) is 3.83. The number of halogens is 1. The average Bonchev–Trinajstić information content (AvgIpc) is 2.90. The Morgan fingerprint density at radius 3 is 3.00 bits per heavy atom. The molecule has 0 spiro atoms. The molecule has 0 aromatic carbocycles. The summed E-state index contributed by atoms with van der Waals surface area (Å²) in [5.74, 6) is 1.18. The molecule has 0 aliphatic carbocycles. The molecule has 7 heteroatoms. The van der Waals surface area contributed by atoms with Crippen molar-refractivity contribution in [3.63, 3.8) is 0 Å². The monoisotopic (exact) mass is 309 g/mol. The highest BCUT2D eigenvalue weighted by Gasteiger charge is 2.28. The van der Waals surface area contributed by atoms with Crippen LogP contribution in [-0.2, 0) is 4.79 Å². The smallest absolute Gasteiger partial charge is 0.239 e. The molecule has 114 valence electrons. The van der Waals surface area contributed by atoms with Gasteiger partial charge in [-0.3, -0.25) is 9.20 Å². The minimum Gasteiger partial charge on any atom is -0.341 e. The lowest BCUT2D eigenvalue weighted by Gasteiger charge is -2.33. The van der Waals surface area contributed by atoms with Gasteiger partial charge < -0.3 is 10.6 Å². The van der Waals surface area contributed by atoms with Crippen molar-refractivity contribution in [2.24, 2.45) is 5.73 Å². The van der Waals surface area contributed by atoms with Crippen LogP contribution in [-0.4, -0.2) is 44.5 Å². The number of likely N-dealkylation sites (tertiary alicyclic amines) is 1. The Hall–Kier alpha value is -1.66. The van der Waals surface area contributed by atoms with Gasteiger partial charge in [-0.15, -0.1) is 22.6 Å². The Balaban J connectivity index is 0.00000161. The van der Waals surface area contributed by atoms with Crippen molar-refractivity contribution in [2.75, 3.05) is 13.1 Å². The van der Waals surface area contributed by atoms with E-state index in [0.29, 0.717) is 6.54 Å². The van der Waals surface area contributed by atoms with Crippen molar-refractivity contribution < 1.29 is 4.79 Å². The van der Waals surface area contributed by atoms with Gasteiger partial charge in [-0.2, -0.15) is 0 Å². The fourth-order valence-electron chi connectivity index (χ4n) is 2.81. The molecule has 2 N–H and O–H groups in total. The second-order valence-electron chi connectivity index (χ2n) is 5.40.